The minimum absolute atomic E-state index is 0.0153. The molecule has 1 aliphatic heterocycles. The number of benzene rings is 2. The van der Waals surface area contributed by atoms with Crippen molar-refractivity contribution in [2.75, 3.05) is 13.6 Å². The van der Waals surface area contributed by atoms with E-state index < -0.39 is 6.03 Å². The molecule has 7 heteroatoms. The molecule has 2 aromatic rings. The number of nitrogens with zero attached hydrogens (tertiary/aromatic N) is 2. The molecule has 1 saturated heterocycles. The van der Waals surface area contributed by atoms with E-state index in [2.05, 4.69) is 5.32 Å². The van der Waals surface area contributed by atoms with Gasteiger partial charge in [-0.05, 0) is 42.3 Å². The van der Waals surface area contributed by atoms with Gasteiger partial charge in [-0.1, -0.05) is 24.3 Å². The Kier molecular flexibility index (Phi) is 5.21. The van der Waals surface area contributed by atoms with Crippen molar-refractivity contribution in [3.63, 3.8) is 0 Å². The van der Waals surface area contributed by atoms with Crippen LogP contribution in [0.1, 0.15) is 34.5 Å². The van der Waals surface area contributed by atoms with Crippen LogP contribution in [0.3, 0.4) is 0 Å². The van der Waals surface area contributed by atoms with E-state index in [4.69, 9.17) is 0 Å². The average Bonchev–Trinajstić information content (AvgIpc) is 2.99. The van der Waals surface area contributed by atoms with E-state index in [0.717, 1.165) is 16.0 Å². The highest BCUT2D eigenvalue weighted by Gasteiger charge is 2.28. The predicted octanol–water partition coefficient (Wildman–Crippen LogP) is 2.71. The summed E-state index contributed by atoms with van der Waals surface area (Å²) < 4.78 is 13.1. The van der Waals surface area contributed by atoms with Gasteiger partial charge in [0, 0.05) is 12.6 Å². The van der Waals surface area contributed by atoms with Crippen LogP contribution in [0, 0.1) is 5.82 Å². The first-order valence-electron chi connectivity index (χ1n) is 8.56. The van der Waals surface area contributed by atoms with Gasteiger partial charge in [-0.3, -0.25) is 14.5 Å². The van der Waals surface area contributed by atoms with Gasteiger partial charge in [0.2, 0.25) is 5.91 Å². The Balaban J connectivity index is 1.68. The zero-order valence-corrected chi connectivity index (χ0v) is 15.1. The van der Waals surface area contributed by atoms with Crippen molar-refractivity contribution in [3.05, 3.63) is 71.0 Å². The van der Waals surface area contributed by atoms with E-state index in [1.807, 2.05) is 6.92 Å². The molecule has 0 saturated carbocycles. The average molecular weight is 369 g/mol. The van der Waals surface area contributed by atoms with E-state index in [9.17, 15) is 18.8 Å². The summed E-state index contributed by atoms with van der Waals surface area (Å²) in [5.41, 5.74) is 2.08. The maximum atomic E-state index is 13.1. The monoisotopic (exact) mass is 369 g/mol. The Morgan fingerprint density at radius 2 is 1.78 bits per heavy atom. The third kappa shape index (κ3) is 3.97. The molecule has 0 spiro atoms. The SMILES string of the molecule is C[C@H](c1ccc(F)cc1)N(C)C(=O)c1ccc(CN2C(=O)CNC2=O)cc1. The maximum absolute atomic E-state index is 13.1. The van der Waals surface area contributed by atoms with E-state index >= 15 is 0 Å². The molecule has 3 rings (SSSR count). The second kappa shape index (κ2) is 7.57. The Hall–Kier alpha value is -3.22. The lowest BCUT2D eigenvalue weighted by molar-refractivity contribution is -0.125. The molecule has 0 radical (unpaired) electrons. The van der Waals surface area contributed by atoms with Gasteiger partial charge in [0.1, 0.15) is 5.82 Å². The standard InChI is InChI=1S/C20H20FN3O3/c1-13(15-7-9-17(21)10-8-15)23(2)19(26)16-5-3-14(4-6-16)12-24-18(25)11-22-20(24)27/h3-10,13H,11-12H2,1-2H3,(H,22,27)/t13-/m1/s1. The fourth-order valence-corrected chi connectivity index (χ4v) is 2.90. The van der Waals surface area contributed by atoms with Crippen LogP contribution in [0.15, 0.2) is 48.5 Å². The van der Waals surface area contributed by atoms with Gasteiger partial charge < -0.3 is 10.2 Å². The normalized spacial score (nSPS) is 14.9. The minimum atomic E-state index is -0.409. The highest BCUT2D eigenvalue weighted by atomic mass is 19.1. The van der Waals surface area contributed by atoms with Crippen LogP contribution >= 0.6 is 0 Å². The number of imide groups is 1. The number of rotatable bonds is 5. The van der Waals surface area contributed by atoms with Crippen LogP contribution in [-0.4, -0.2) is 41.2 Å². The highest BCUT2D eigenvalue weighted by molar-refractivity contribution is 6.01. The second-order valence-corrected chi connectivity index (χ2v) is 6.48. The van der Waals surface area contributed by atoms with Crippen LogP contribution in [0.5, 0.6) is 0 Å². The lowest BCUT2D eigenvalue weighted by Gasteiger charge is -2.25. The fraction of sp³-hybridized carbons (Fsp3) is 0.250. The number of hydrogen-bond donors (Lipinski definition) is 1. The molecular weight excluding hydrogens is 349 g/mol. The summed E-state index contributed by atoms with van der Waals surface area (Å²) >= 11 is 0. The Labute approximate surface area is 156 Å². The first-order valence-corrected chi connectivity index (χ1v) is 8.56. The number of nitrogens with one attached hydrogen (secondary N) is 1. The number of carbonyl (C=O) groups is 3. The van der Waals surface area contributed by atoms with Gasteiger partial charge >= 0.3 is 6.03 Å². The molecule has 0 aliphatic carbocycles. The molecule has 4 amide bonds. The van der Waals surface area contributed by atoms with E-state index in [0.29, 0.717) is 5.56 Å². The van der Waals surface area contributed by atoms with Crippen molar-refractivity contribution >= 4 is 17.8 Å². The first kappa shape index (κ1) is 18.6. The highest BCUT2D eigenvalue weighted by Crippen LogP contribution is 2.21. The van der Waals surface area contributed by atoms with Gasteiger partial charge in [0.15, 0.2) is 0 Å². The Morgan fingerprint density at radius 1 is 1.15 bits per heavy atom. The smallest absolute Gasteiger partial charge is 0.324 e. The molecule has 140 valence electrons. The van der Waals surface area contributed by atoms with E-state index in [1.165, 1.54) is 12.1 Å². The van der Waals surface area contributed by atoms with Crippen molar-refractivity contribution in [2.24, 2.45) is 0 Å². The first-order chi connectivity index (χ1) is 12.9. The zero-order valence-electron chi connectivity index (χ0n) is 15.1. The summed E-state index contributed by atoms with van der Waals surface area (Å²) in [5.74, 6) is -0.762. The molecule has 6 nitrogen and oxygen atoms in total. The fourth-order valence-electron chi connectivity index (χ4n) is 2.90. The maximum Gasteiger partial charge on any atom is 0.324 e. The Bertz CT molecular complexity index is 849. The number of urea groups is 1. The quantitative estimate of drug-likeness (QED) is 0.824. The number of amides is 4. The molecule has 0 bridgehead atoms. The molecule has 27 heavy (non-hydrogen) atoms. The predicted molar refractivity (Wildman–Crippen MR) is 97.3 cm³/mol. The van der Waals surface area contributed by atoms with Crippen LogP contribution in [0.25, 0.3) is 0 Å². The number of hydrogen-bond acceptors (Lipinski definition) is 3. The summed E-state index contributed by atoms with van der Waals surface area (Å²) in [4.78, 5) is 38.7. The van der Waals surface area contributed by atoms with Crippen molar-refractivity contribution in [3.8, 4) is 0 Å². The molecule has 0 aromatic heterocycles. The van der Waals surface area contributed by atoms with Gasteiger partial charge in [-0.15, -0.1) is 0 Å². The topological polar surface area (TPSA) is 69.7 Å². The van der Waals surface area contributed by atoms with Crippen LogP contribution in [0.2, 0.25) is 0 Å². The zero-order chi connectivity index (χ0) is 19.6. The molecule has 1 heterocycles. The third-order valence-electron chi connectivity index (χ3n) is 4.73. The Morgan fingerprint density at radius 3 is 2.33 bits per heavy atom. The molecule has 1 fully saturated rings. The largest absolute Gasteiger partial charge is 0.335 e. The van der Waals surface area contributed by atoms with Gasteiger partial charge in [-0.25, -0.2) is 9.18 Å². The minimum Gasteiger partial charge on any atom is -0.335 e. The third-order valence-corrected chi connectivity index (χ3v) is 4.73. The summed E-state index contributed by atoms with van der Waals surface area (Å²) in [5, 5.41) is 2.47. The molecule has 2 aromatic carbocycles. The molecule has 1 aliphatic rings. The van der Waals surface area contributed by atoms with Crippen LogP contribution in [0.4, 0.5) is 9.18 Å². The van der Waals surface area contributed by atoms with E-state index in [1.54, 1.807) is 48.3 Å². The molecule has 1 atom stereocenters. The van der Waals surface area contributed by atoms with Crippen molar-refractivity contribution in [2.45, 2.75) is 19.5 Å². The summed E-state index contributed by atoms with van der Waals surface area (Å²) in [7, 11) is 1.69. The van der Waals surface area contributed by atoms with Crippen LogP contribution < -0.4 is 5.32 Å². The van der Waals surface area contributed by atoms with Gasteiger partial charge in [0.25, 0.3) is 5.91 Å². The number of carbonyl (C=O) groups excluding carboxylic acids is 3. The van der Waals surface area contributed by atoms with Gasteiger partial charge in [-0.2, -0.15) is 0 Å². The molecule has 1 N–H and O–H groups in total. The summed E-state index contributed by atoms with van der Waals surface area (Å²) in [6.45, 7) is 2.06. The molecule has 0 unspecified atom stereocenters. The second-order valence-electron chi connectivity index (χ2n) is 6.48. The van der Waals surface area contributed by atoms with Crippen molar-refractivity contribution in [1.29, 1.82) is 0 Å². The van der Waals surface area contributed by atoms with Crippen molar-refractivity contribution < 1.29 is 18.8 Å². The lowest BCUT2D eigenvalue weighted by atomic mass is 10.1. The summed E-state index contributed by atoms with van der Waals surface area (Å²) in [6, 6.07) is 12.2. The molecular formula is C20H20FN3O3. The summed E-state index contributed by atoms with van der Waals surface area (Å²) in [6.07, 6.45) is 0. The van der Waals surface area contributed by atoms with Crippen molar-refractivity contribution in [1.82, 2.24) is 15.1 Å². The van der Waals surface area contributed by atoms with E-state index in [-0.39, 0.29) is 36.8 Å². The van der Waals surface area contributed by atoms with Gasteiger partial charge in [0.05, 0.1) is 19.1 Å². The lowest BCUT2D eigenvalue weighted by Crippen LogP contribution is -2.30. The van der Waals surface area contributed by atoms with Crippen LogP contribution in [-0.2, 0) is 11.3 Å². The number of halogens is 1.